The van der Waals surface area contributed by atoms with Gasteiger partial charge in [0.1, 0.15) is 23.8 Å². The van der Waals surface area contributed by atoms with Crippen LogP contribution in [0.2, 0.25) is 0 Å². The molecule has 0 saturated carbocycles. The molecule has 2 aromatic rings. The van der Waals surface area contributed by atoms with Gasteiger partial charge in [0.05, 0.1) is 6.54 Å². The number of nitrogens with two attached hydrogens (primary N) is 1. The second-order valence-corrected chi connectivity index (χ2v) is 3.52. The Morgan fingerprint density at radius 2 is 2.12 bits per heavy atom. The molecule has 0 fully saturated rings. The van der Waals surface area contributed by atoms with E-state index in [1.165, 1.54) is 0 Å². The smallest absolute Gasteiger partial charge is 0.169 e. The molecule has 0 unspecified atom stereocenters. The van der Waals surface area contributed by atoms with E-state index in [2.05, 4.69) is 30.8 Å². The molecule has 0 radical (unpaired) electrons. The average molecular weight is 234 g/mol. The summed E-state index contributed by atoms with van der Waals surface area (Å²) in [7, 11) is 1.82. The normalized spacial score (nSPS) is 10.3. The van der Waals surface area contributed by atoms with Gasteiger partial charge >= 0.3 is 0 Å². The second-order valence-electron chi connectivity index (χ2n) is 3.52. The minimum Gasteiger partial charge on any atom is -0.363 e. The molecule has 2 rings (SSSR count). The summed E-state index contributed by atoms with van der Waals surface area (Å²) < 4.78 is 1.65. The fourth-order valence-corrected chi connectivity index (χ4v) is 1.37. The zero-order chi connectivity index (χ0) is 12.3. The number of hydrazine groups is 1. The fourth-order valence-electron chi connectivity index (χ4n) is 1.37. The third-order valence-electron chi connectivity index (χ3n) is 2.06. The largest absolute Gasteiger partial charge is 0.363 e. The molecule has 0 aliphatic rings. The van der Waals surface area contributed by atoms with Crippen LogP contribution in [-0.4, -0.2) is 24.7 Å². The highest BCUT2D eigenvalue weighted by Gasteiger charge is 2.02. The lowest BCUT2D eigenvalue weighted by atomic mass is 10.4. The molecule has 17 heavy (non-hydrogen) atoms. The molecule has 0 saturated heterocycles. The third kappa shape index (κ3) is 2.88. The van der Waals surface area contributed by atoms with Crippen molar-refractivity contribution in [3.63, 3.8) is 0 Å². The van der Waals surface area contributed by atoms with Crippen LogP contribution in [0.5, 0.6) is 0 Å². The van der Waals surface area contributed by atoms with Crippen LogP contribution < -0.4 is 16.6 Å². The third-order valence-corrected chi connectivity index (χ3v) is 2.06. The summed E-state index contributed by atoms with van der Waals surface area (Å²) in [6.07, 6.45) is 1.65. The molecule has 0 bridgehead atoms. The van der Waals surface area contributed by atoms with E-state index in [1.54, 1.807) is 24.0 Å². The SMILES string of the molecule is Cc1nc(NN)cc(NCc2ncn(C)n2)n1. The fraction of sp³-hybridized carbons (Fsp3) is 0.333. The molecule has 90 valence electrons. The van der Waals surface area contributed by atoms with E-state index < -0.39 is 0 Å². The van der Waals surface area contributed by atoms with Gasteiger partial charge in [0, 0.05) is 13.1 Å². The molecule has 8 heteroatoms. The van der Waals surface area contributed by atoms with Crippen molar-refractivity contribution in [2.75, 3.05) is 10.7 Å². The van der Waals surface area contributed by atoms with Gasteiger partial charge in [0.15, 0.2) is 5.82 Å². The van der Waals surface area contributed by atoms with Crippen molar-refractivity contribution < 1.29 is 0 Å². The van der Waals surface area contributed by atoms with Crippen LogP contribution in [0, 0.1) is 6.92 Å². The minimum absolute atomic E-state index is 0.501. The van der Waals surface area contributed by atoms with Crippen LogP contribution in [0.25, 0.3) is 0 Å². The zero-order valence-electron chi connectivity index (χ0n) is 9.68. The Morgan fingerprint density at radius 1 is 1.35 bits per heavy atom. The van der Waals surface area contributed by atoms with Crippen molar-refractivity contribution >= 4 is 11.6 Å². The summed E-state index contributed by atoms with van der Waals surface area (Å²) in [6.45, 7) is 2.30. The summed E-state index contributed by atoms with van der Waals surface area (Å²) in [4.78, 5) is 12.4. The maximum Gasteiger partial charge on any atom is 0.169 e. The summed E-state index contributed by atoms with van der Waals surface area (Å²) in [5, 5.41) is 7.25. The number of hydrogen-bond donors (Lipinski definition) is 3. The quantitative estimate of drug-likeness (QED) is 0.497. The summed E-state index contributed by atoms with van der Waals surface area (Å²) >= 11 is 0. The van der Waals surface area contributed by atoms with E-state index in [4.69, 9.17) is 5.84 Å². The van der Waals surface area contributed by atoms with Gasteiger partial charge in [-0.3, -0.25) is 4.68 Å². The Morgan fingerprint density at radius 3 is 2.76 bits per heavy atom. The Bertz CT molecular complexity index is 505. The van der Waals surface area contributed by atoms with Crippen molar-refractivity contribution in [1.82, 2.24) is 24.7 Å². The van der Waals surface area contributed by atoms with E-state index in [0.29, 0.717) is 29.8 Å². The monoisotopic (exact) mass is 234 g/mol. The molecule has 0 spiro atoms. The van der Waals surface area contributed by atoms with Crippen molar-refractivity contribution in [2.45, 2.75) is 13.5 Å². The maximum atomic E-state index is 5.30. The number of aryl methyl sites for hydroxylation is 2. The minimum atomic E-state index is 0.501. The molecule has 0 aromatic carbocycles. The van der Waals surface area contributed by atoms with E-state index in [9.17, 15) is 0 Å². The second kappa shape index (κ2) is 4.74. The molecular formula is C9H14N8. The lowest BCUT2D eigenvalue weighted by Gasteiger charge is -2.06. The van der Waals surface area contributed by atoms with Gasteiger partial charge in [0.25, 0.3) is 0 Å². The summed E-state index contributed by atoms with van der Waals surface area (Å²) in [6, 6.07) is 1.72. The molecule has 2 heterocycles. The number of nitrogen functional groups attached to an aromatic ring is 1. The topological polar surface area (TPSA) is 107 Å². The van der Waals surface area contributed by atoms with Crippen LogP contribution in [0.15, 0.2) is 12.4 Å². The van der Waals surface area contributed by atoms with Crippen LogP contribution >= 0.6 is 0 Å². The molecule has 0 amide bonds. The highest BCUT2D eigenvalue weighted by atomic mass is 15.3. The Balaban J connectivity index is 2.05. The summed E-state index contributed by atoms with van der Waals surface area (Å²) in [5.41, 5.74) is 2.48. The van der Waals surface area contributed by atoms with Gasteiger partial charge in [0.2, 0.25) is 0 Å². The first-order chi connectivity index (χ1) is 8.17. The van der Waals surface area contributed by atoms with Gasteiger partial charge < -0.3 is 10.7 Å². The Labute approximate surface area is 98.3 Å². The number of rotatable bonds is 4. The number of nitrogens with zero attached hydrogens (tertiary/aromatic N) is 5. The van der Waals surface area contributed by atoms with Gasteiger partial charge in [-0.1, -0.05) is 0 Å². The highest BCUT2D eigenvalue weighted by molar-refractivity contribution is 5.46. The number of anilines is 2. The predicted molar refractivity (Wildman–Crippen MR) is 62.9 cm³/mol. The highest BCUT2D eigenvalue weighted by Crippen LogP contribution is 2.10. The molecular weight excluding hydrogens is 220 g/mol. The van der Waals surface area contributed by atoms with Crippen molar-refractivity contribution in [3.05, 3.63) is 24.0 Å². The van der Waals surface area contributed by atoms with Crippen LogP contribution in [-0.2, 0) is 13.6 Å². The van der Waals surface area contributed by atoms with Gasteiger partial charge in [-0.05, 0) is 6.92 Å². The Kier molecular flexibility index (Phi) is 3.15. The zero-order valence-corrected chi connectivity index (χ0v) is 9.68. The molecule has 2 aromatic heterocycles. The molecule has 0 aliphatic carbocycles. The van der Waals surface area contributed by atoms with Crippen LogP contribution in [0.4, 0.5) is 11.6 Å². The first-order valence-corrected chi connectivity index (χ1v) is 5.08. The van der Waals surface area contributed by atoms with Crippen molar-refractivity contribution in [2.24, 2.45) is 12.9 Å². The maximum absolute atomic E-state index is 5.30. The predicted octanol–water partition coefficient (Wildman–Crippen LogP) is -0.189. The van der Waals surface area contributed by atoms with E-state index in [-0.39, 0.29) is 0 Å². The molecule has 0 aliphatic heterocycles. The lowest BCUT2D eigenvalue weighted by molar-refractivity contribution is 0.746. The molecule has 8 nitrogen and oxygen atoms in total. The number of nitrogens with one attached hydrogen (secondary N) is 2. The number of hydrogen-bond acceptors (Lipinski definition) is 7. The van der Waals surface area contributed by atoms with E-state index in [1.807, 2.05) is 7.05 Å². The van der Waals surface area contributed by atoms with Gasteiger partial charge in [-0.2, -0.15) is 5.10 Å². The Hall–Kier alpha value is -2.22. The summed E-state index contributed by atoms with van der Waals surface area (Å²) in [5.74, 6) is 7.88. The van der Waals surface area contributed by atoms with Gasteiger partial charge in [-0.15, -0.1) is 0 Å². The van der Waals surface area contributed by atoms with E-state index >= 15 is 0 Å². The molecule has 0 atom stereocenters. The van der Waals surface area contributed by atoms with Crippen LogP contribution in [0.3, 0.4) is 0 Å². The lowest BCUT2D eigenvalue weighted by Crippen LogP contribution is -2.11. The van der Waals surface area contributed by atoms with Crippen molar-refractivity contribution in [1.29, 1.82) is 0 Å². The number of aromatic nitrogens is 5. The van der Waals surface area contributed by atoms with Crippen LogP contribution in [0.1, 0.15) is 11.6 Å². The first kappa shape index (κ1) is 11.3. The first-order valence-electron chi connectivity index (χ1n) is 5.08. The van der Waals surface area contributed by atoms with E-state index in [0.717, 1.165) is 0 Å². The van der Waals surface area contributed by atoms with Gasteiger partial charge in [-0.25, -0.2) is 20.8 Å². The average Bonchev–Trinajstić information content (AvgIpc) is 2.72. The van der Waals surface area contributed by atoms with Crippen molar-refractivity contribution in [3.8, 4) is 0 Å². The molecule has 4 N–H and O–H groups in total. The standard InChI is InChI=1S/C9H14N8/c1-6-13-7(3-8(14-6)15-10)11-4-9-12-5-17(2)16-9/h3,5H,4,10H2,1-2H3,(H2,11,13,14,15).